The zero-order valence-electron chi connectivity index (χ0n) is 17.4. The third-order valence-electron chi connectivity index (χ3n) is 5.41. The first kappa shape index (κ1) is 20.6. The smallest absolute Gasteiger partial charge is 0.173 e. The first-order chi connectivity index (χ1) is 13.4. The van der Waals surface area contributed by atoms with Crippen LogP contribution in [-0.2, 0) is 11.3 Å². The minimum absolute atomic E-state index is 0.249. The maximum absolute atomic E-state index is 5.88. The number of nitrogens with zero attached hydrogens (tertiary/aromatic N) is 2. The van der Waals surface area contributed by atoms with E-state index in [4.69, 9.17) is 17.0 Å². The molecule has 1 aliphatic heterocycles. The maximum atomic E-state index is 5.88. The minimum atomic E-state index is 0.249. The molecule has 0 aromatic heterocycles. The highest BCUT2D eigenvalue weighted by Crippen LogP contribution is 2.21. The molecule has 1 atom stereocenters. The average Bonchev–Trinajstić information content (AvgIpc) is 3.18. The van der Waals surface area contributed by atoms with Crippen molar-refractivity contribution in [2.24, 2.45) is 0 Å². The van der Waals surface area contributed by atoms with Gasteiger partial charge in [-0.05, 0) is 73.8 Å². The fourth-order valence-corrected chi connectivity index (χ4v) is 3.70. The maximum Gasteiger partial charge on any atom is 0.173 e. The van der Waals surface area contributed by atoms with Crippen LogP contribution >= 0.6 is 12.2 Å². The highest BCUT2D eigenvalue weighted by molar-refractivity contribution is 7.80. The Bertz CT molecular complexity index is 798. The number of aryl methyl sites for hydroxylation is 1. The van der Waals surface area contributed by atoms with Crippen molar-refractivity contribution in [3.8, 4) is 0 Å². The van der Waals surface area contributed by atoms with Gasteiger partial charge in [-0.15, -0.1) is 0 Å². The summed E-state index contributed by atoms with van der Waals surface area (Å²) in [5.74, 6) is 0. The molecule has 0 radical (unpaired) electrons. The Kier molecular flexibility index (Phi) is 6.92. The van der Waals surface area contributed by atoms with Crippen molar-refractivity contribution in [1.29, 1.82) is 0 Å². The predicted octanol–water partition coefficient (Wildman–Crippen LogP) is 4.75. The van der Waals surface area contributed by atoms with Gasteiger partial charge in [-0.1, -0.05) is 24.3 Å². The normalized spacial score (nSPS) is 16.1. The molecule has 1 N–H and O–H groups in total. The van der Waals surface area contributed by atoms with Crippen LogP contribution in [-0.4, -0.2) is 43.4 Å². The number of benzene rings is 2. The number of nitrogens with one attached hydrogen (secondary N) is 1. The summed E-state index contributed by atoms with van der Waals surface area (Å²) in [5.41, 5.74) is 6.01. The molecule has 2 aromatic carbocycles. The summed E-state index contributed by atoms with van der Waals surface area (Å²) < 4.78 is 5.88. The van der Waals surface area contributed by atoms with E-state index in [1.807, 2.05) is 0 Å². The summed E-state index contributed by atoms with van der Waals surface area (Å²) in [6.45, 7) is 6.69. The van der Waals surface area contributed by atoms with E-state index in [2.05, 4.69) is 85.5 Å². The zero-order chi connectivity index (χ0) is 20.1. The molecule has 0 amide bonds. The van der Waals surface area contributed by atoms with Crippen LogP contribution in [0.3, 0.4) is 0 Å². The van der Waals surface area contributed by atoms with E-state index in [0.717, 1.165) is 43.3 Å². The van der Waals surface area contributed by atoms with Crippen molar-refractivity contribution in [2.75, 3.05) is 37.5 Å². The van der Waals surface area contributed by atoms with E-state index in [-0.39, 0.29) is 6.10 Å². The van der Waals surface area contributed by atoms with Gasteiger partial charge in [0, 0.05) is 45.2 Å². The van der Waals surface area contributed by atoms with Crippen LogP contribution < -0.4 is 10.2 Å². The van der Waals surface area contributed by atoms with Crippen molar-refractivity contribution in [3.63, 3.8) is 0 Å². The molecular weight excluding hydrogens is 366 g/mol. The number of rotatable bonds is 6. The monoisotopic (exact) mass is 397 g/mol. The van der Waals surface area contributed by atoms with Crippen LogP contribution in [0.4, 0.5) is 11.4 Å². The number of thiocarbonyl (C=S) groups is 1. The quantitative estimate of drug-likeness (QED) is 0.710. The van der Waals surface area contributed by atoms with Gasteiger partial charge in [-0.2, -0.15) is 0 Å². The fourth-order valence-electron chi connectivity index (χ4n) is 3.45. The Morgan fingerprint density at radius 3 is 2.54 bits per heavy atom. The Morgan fingerprint density at radius 2 is 1.89 bits per heavy atom. The van der Waals surface area contributed by atoms with Crippen LogP contribution in [0.1, 0.15) is 29.5 Å². The van der Waals surface area contributed by atoms with E-state index < -0.39 is 0 Å². The van der Waals surface area contributed by atoms with Crippen molar-refractivity contribution in [1.82, 2.24) is 4.90 Å². The first-order valence-electron chi connectivity index (χ1n) is 9.94. The van der Waals surface area contributed by atoms with Crippen LogP contribution in [0.2, 0.25) is 0 Å². The lowest BCUT2D eigenvalue weighted by Gasteiger charge is -2.29. The van der Waals surface area contributed by atoms with Crippen LogP contribution in [0.5, 0.6) is 0 Å². The predicted molar refractivity (Wildman–Crippen MR) is 122 cm³/mol. The summed E-state index contributed by atoms with van der Waals surface area (Å²) in [4.78, 5) is 4.35. The average molecular weight is 398 g/mol. The minimum Gasteiger partial charge on any atom is -0.378 e. The highest BCUT2D eigenvalue weighted by Gasteiger charge is 2.21. The molecular formula is C23H31N3OS. The first-order valence-corrected chi connectivity index (χ1v) is 10.3. The molecule has 0 spiro atoms. The van der Waals surface area contributed by atoms with E-state index in [1.54, 1.807) is 0 Å². The second-order valence-corrected chi connectivity index (χ2v) is 8.14. The van der Waals surface area contributed by atoms with Crippen molar-refractivity contribution >= 4 is 28.7 Å². The number of ether oxygens (including phenoxy) is 1. The summed E-state index contributed by atoms with van der Waals surface area (Å²) in [5, 5.41) is 4.22. The van der Waals surface area contributed by atoms with Gasteiger partial charge in [-0.25, -0.2) is 0 Å². The number of hydrogen-bond donors (Lipinski definition) is 1. The third kappa shape index (κ3) is 5.24. The van der Waals surface area contributed by atoms with E-state index >= 15 is 0 Å². The van der Waals surface area contributed by atoms with Crippen molar-refractivity contribution < 1.29 is 4.74 Å². The van der Waals surface area contributed by atoms with Crippen LogP contribution in [0, 0.1) is 13.8 Å². The van der Waals surface area contributed by atoms with Gasteiger partial charge in [0.1, 0.15) is 0 Å². The van der Waals surface area contributed by atoms with Crippen molar-refractivity contribution in [3.05, 3.63) is 59.2 Å². The summed E-state index contributed by atoms with van der Waals surface area (Å²) >= 11 is 5.81. The third-order valence-corrected chi connectivity index (χ3v) is 5.77. The standard InChI is InChI=1S/C23H31N3OS/c1-17-7-5-9-22(18(17)2)24-23(28)26(16-21-8-6-14-27-21)15-19-10-12-20(13-11-19)25(3)4/h5,7,9-13,21H,6,8,14-16H2,1-4H3,(H,24,28)/t21-/m0/s1. The molecule has 0 bridgehead atoms. The molecule has 1 heterocycles. The van der Waals surface area contributed by atoms with Gasteiger partial charge in [0.05, 0.1) is 6.10 Å². The topological polar surface area (TPSA) is 27.7 Å². The highest BCUT2D eigenvalue weighted by atomic mass is 32.1. The molecule has 0 unspecified atom stereocenters. The molecule has 2 aromatic rings. The molecule has 4 nitrogen and oxygen atoms in total. The summed E-state index contributed by atoms with van der Waals surface area (Å²) in [6, 6.07) is 14.9. The van der Waals surface area contributed by atoms with Gasteiger partial charge in [0.25, 0.3) is 0 Å². The molecule has 28 heavy (non-hydrogen) atoms. The summed E-state index contributed by atoms with van der Waals surface area (Å²) in [6.07, 6.45) is 2.48. The van der Waals surface area contributed by atoms with E-state index in [9.17, 15) is 0 Å². The van der Waals surface area contributed by atoms with Gasteiger partial charge < -0.3 is 19.9 Å². The Morgan fingerprint density at radius 1 is 1.14 bits per heavy atom. The van der Waals surface area contributed by atoms with Gasteiger partial charge in [-0.3, -0.25) is 0 Å². The lowest BCUT2D eigenvalue weighted by molar-refractivity contribution is 0.0905. The second kappa shape index (κ2) is 9.39. The van der Waals surface area contributed by atoms with Gasteiger partial charge in [0.2, 0.25) is 0 Å². The van der Waals surface area contributed by atoms with Gasteiger partial charge in [0.15, 0.2) is 5.11 Å². The van der Waals surface area contributed by atoms with E-state index in [1.165, 1.54) is 22.4 Å². The fraction of sp³-hybridized carbons (Fsp3) is 0.435. The SMILES string of the molecule is Cc1cccc(NC(=S)N(Cc2ccc(N(C)C)cc2)C[C@@H]2CCCO2)c1C. The largest absolute Gasteiger partial charge is 0.378 e. The molecule has 0 aliphatic carbocycles. The lowest BCUT2D eigenvalue weighted by Crippen LogP contribution is -2.39. The molecule has 0 saturated carbocycles. The van der Waals surface area contributed by atoms with Gasteiger partial charge >= 0.3 is 0 Å². The number of anilines is 2. The van der Waals surface area contributed by atoms with Crippen molar-refractivity contribution in [2.45, 2.75) is 39.3 Å². The molecule has 1 fully saturated rings. The molecule has 150 valence electrons. The zero-order valence-corrected chi connectivity index (χ0v) is 18.2. The lowest BCUT2D eigenvalue weighted by atomic mass is 10.1. The number of hydrogen-bond acceptors (Lipinski definition) is 3. The Labute approximate surface area is 174 Å². The second-order valence-electron chi connectivity index (χ2n) is 7.75. The van der Waals surface area contributed by atoms with Crippen LogP contribution in [0.15, 0.2) is 42.5 Å². The molecule has 5 heteroatoms. The van der Waals surface area contributed by atoms with Crippen LogP contribution in [0.25, 0.3) is 0 Å². The molecule has 1 saturated heterocycles. The molecule has 1 aliphatic rings. The Balaban J connectivity index is 1.75. The van der Waals surface area contributed by atoms with E-state index in [0.29, 0.717) is 0 Å². The summed E-state index contributed by atoms with van der Waals surface area (Å²) in [7, 11) is 4.12. The molecule has 3 rings (SSSR count). The Hall–Kier alpha value is -2.11.